The van der Waals surface area contributed by atoms with E-state index in [9.17, 15) is 0 Å². The smallest absolute Gasteiger partial charge is 0.652 e. The summed E-state index contributed by atoms with van der Waals surface area (Å²) < 4.78 is 0. The van der Waals surface area contributed by atoms with Crippen LogP contribution in [-0.4, -0.2) is 104 Å². The Morgan fingerprint density at radius 1 is 0.615 bits per heavy atom. The van der Waals surface area contributed by atoms with Crippen molar-refractivity contribution in [2.45, 2.75) is 0 Å². The number of carbonyl (C=O) groups is 2. The zero-order valence-electron chi connectivity index (χ0n) is 6.36. The van der Waals surface area contributed by atoms with Crippen LogP contribution in [0.3, 0.4) is 0 Å². The van der Waals surface area contributed by atoms with Crippen LogP contribution in [0.1, 0.15) is 0 Å². The molecule has 0 spiro atoms. The Morgan fingerprint density at radius 2 is 0.615 bits per heavy atom. The van der Waals surface area contributed by atoms with Crippen molar-refractivity contribution in [3.8, 4) is 0 Å². The van der Waals surface area contributed by atoms with Gasteiger partial charge in [0.25, 0.3) is 0 Å². The summed E-state index contributed by atoms with van der Waals surface area (Å²) in [5.74, 6) is 0. The first-order valence-corrected chi connectivity index (χ1v) is 1.22. The van der Waals surface area contributed by atoms with Gasteiger partial charge in [0.15, 0.2) is 0 Å². The summed E-state index contributed by atoms with van der Waals surface area (Å²) in [6, 6.07) is 0. The Bertz CT molecular complexity index is 73.6. The molecule has 0 saturated heterocycles. The first-order valence-electron chi connectivity index (χ1n) is 1.22. The normalized spacial score (nSPS) is 3.69. The summed E-state index contributed by atoms with van der Waals surface area (Å²) in [4.78, 5) is 16.7. The summed E-state index contributed by atoms with van der Waals surface area (Å²) in [5, 5.41) is 33.3. The molecule has 0 radical (unpaired) electrons. The largest absolute Gasteiger partial charge is 2.00 e. The molecule has 0 aromatic carbocycles. The molecule has 0 aliphatic rings. The molecule has 0 atom stereocenters. The molecule has 11 heteroatoms. The zero-order valence-corrected chi connectivity index (χ0v) is 10.8. The molecule has 0 aliphatic heterocycles. The summed E-state index contributed by atoms with van der Waals surface area (Å²) in [5.41, 5.74) is 0. The predicted molar refractivity (Wildman–Crippen MR) is 33.1 cm³/mol. The molecular weight excluding hydrogens is 248 g/mol. The van der Waals surface area contributed by atoms with Crippen LogP contribution in [-0.2, 0) is 0 Å². The average molecular weight is 254 g/mol. The van der Waals surface area contributed by atoms with E-state index in [0.29, 0.717) is 0 Å². The third-order valence-electron chi connectivity index (χ3n) is 0. The van der Waals surface area contributed by atoms with E-state index < -0.39 is 12.3 Å². The van der Waals surface area contributed by atoms with E-state index in [4.69, 9.17) is 30.0 Å². The van der Waals surface area contributed by atoms with Gasteiger partial charge >= 0.3 is 75.5 Å². The second-order valence-electron chi connectivity index (χ2n) is 0.500. The first-order chi connectivity index (χ1) is 3.46. The van der Waals surface area contributed by atoms with Crippen LogP contribution >= 0.6 is 0 Å². The Morgan fingerprint density at radius 3 is 0.615 bits per heavy atom. The Hall–Kier alpha value is 0.939. The number of carbonyl (C=O) groups excluding carboxylic acids is 2. The van der Waals surface area contributed by atoms with Crippen molar-refractivity contribution in [1.29, 1.82) is 0 Å². The minimum absolute atomic E-state index is 0. The van der Waals surface area contributed by atoms with Crippen LogP contribution < -0.4 is 20.4 Å². The standard InChI is InChI=1S/2CH2O3.2Ca.3H2O/c2*2-1(3)4;;;;;/h2*(H2,2,3,4);;;3*1H2/q;;2*+2;;;/p-4. The van der Waals surface area contributed by atoms with Crippen molar-refractivity contribution < 1.29 is 46.4 Å². The van der Waals surface area contributed by atoms with Gasteiger partial charge in [-0.1, -0.05) is 0 Å². The number of hydrogen-bond donors (Lipinski definition) is 0. The fourth-order valence-corrected chi connectivity index (χ4v) is 0. The summed E-state index contributed by atoms with van der Waals surface area (Å²) in [6.07, 6.45) is -4.67. The molecule has 0 bridgehead atoms. The van der Waals surface area contributed by atoms with Crippen LogP contribution in [0.2, 0.25) is 0 Å². The van der Waals surface area contributed by atoms with Gasteiger partial charge in [-0.05, 0) is 12.3 Å². The van der Waals surface area contributed by atoms with Crippen LogP contribution in [0.5, 0.6) is 0 Å². The Labute approximate surface area is 132 Å². The number of hydrogen-bond acceptors (Lipinski definition) is 6. The first kappa shape index (κ1) is 48.5. The van der Waals surface area contributed by atoms with E-state index in [2.05, 4.69) is 0 Å². The Kier molecular flexibility index (Phi) is 143. The molecule has 0 rings (SSSR count). The topological polar surface area (TPSA) is 221 Å². The molecule has 0 heterocycles. The van der Waals surface area contributed by atoms with E-state index in [0.717, 1.165) is 0 Å². The van der Waals surface area contributed by atoms with Crippen molar-refractivity contribution in [3.05, 3.63) is 0 Å². The van der Waals surface area contributed by atoms with Gasteiger partial charge in [0.05, 0.1) is 0 Å². The van der Waals surface area contributed by atoms with Gasteiger partial charge in [-0.25, -0.2) is 0 Å². The quantitative estimate of drug-likeness (QED) is 0.381. The average Bonchev–Trinajstić information content (AvgIpc) is 1.25. The van der Waals surface area contributed by atoms with Crippen molar-refractivity contribution in [3.63, 3.8) is 0 Å². The van der Waals surface area contributed by atoms with E-state index in [-0.39, 0.29) is 91.9 Å². The van der Waals surface area contributed by atoms with E-state index in [1.165, 1.54) is 0 Å². The van der Waals surface area contributed by atoms with E-state index >= 15 is 0 Å². The minimum Gasteiger partial charge on any atom is -0.652 e. The molecule has 9 nitrogen and oxygen atoms in total. The van der Waals surface area contributed by atoms with Crippen molar-refractivity contribution in [2.24, 2.45) is 0 Å². The van der Waals surface area contributed by atoms with Gasteiger partial charge in [0.2, 0.25) is 0 Å². The minimum atomic E-state index is -2.33. The van der Waals surface area contributed by atoms with Crippen LogP contribution in [0, 0.1) is 0 Å². The fourth-order valence-electron chi connectivity index (χ4n) is 0. The van der Waals surface area contributed by atoms with Crippen molar-refractivity contribution in [1.82, 2.24) is 0 Å². The third-order valence-corrected chi connectivity index (χ3v) is 0. The maximum atomic E-state index is 8.33. The van der Waals surface area contributed by atoms with Crippen LogP contribution in [0.25, 0.3) is 0 Å². The second kappa shape index (κ2) is 38.3. The maximum absolute atomic E-state index is 8.33. The summed E-state index contributed by atoms with van der Waals surface area (Å²) >= 11 is 0. The maximum Gasteiger partial charge on any atom is 2.00 e. The van der Waals surface area contributed by atoms with Gasteiger partial charge < -0.3 is 46.4 Å². The molecule has 0 aliphatic carbocycles. The summed E-state index contributed by atoms with van der Waals surface area (Å²) in [7, 11) is 0. The Balaban J connectivity index is -0.00000000800. The molecule has 13 heavy (non-hydrogen) atoms. The molecule has 72 valence electrons. The molecule has 0 amide bonds. The second-order valence-corrected chi connectivity index (χ2v) is 0.500. The molecule has 0 aromatic rings. The van der Waals surface area contributed by atoms with Gasteiger partial charge in [-0.3, -0.25) is 0 Å². The fraction of sp³-hybridized carbons (Fsp3) is 0. The SMILES string of the molecule is O.O.O.O=C([O-])[O-].O=C([O-])[O-].[Ca+2].[Ca+2]. The van der Waals surface area contributed by atoms with Gasteiger partial charge in [0, 0.05) is 0 Å². The number of carboxylic acid groups (broad SMARTS) is 4. The number of rotatable bonds is 0. The third kappa shape index (κ3) is 1750. The van der Waals surface area contributed by atoms with E-state index in [1.54, 1.807) is 0 Å². The summed E-state index contributed by atoms with van der Waals surface area (Å²) in [6.45, 7) is 0. The monoisotopic (exact) mass is 254 g/mol. The molecule has 0 unspecified atom stereocenters. The van der Waals surface area contributed by atoms with Gasteiger partial charge in [-0.15, -0.1) is 0 Å². The zero-order chi connectivity index (χ0) is 7.15. The molecule has 6 N–H and O–H groups in total. The molecule has 0 fully saturated rings. The molecule has 0 saturated carbocycles. The molecule has 0 aromatic heterocycles. The van der Waals surface area contributed by atoms with Crippen LogP contribution in [0.4, 0.5) is 9.59 Å². The van der Waals surface area contributed by atoms with Crippen LogP contribution in [0.15, 0.2) is 0 Å². The van der Waals surface area contributed by atoms with Gasteiger partial charge in [0.1, 0.15) is 0 Å². The van der Waals surface area contributed by atoms with Crippen molar-refractivity contribution >= 4 is 87.8 Å². The van der Waals surface area contributed by atoms with E-state index in [1.807, 2.05) is 0 Å². The van der Waals surface area contributed by atoms with Gasteiger partial charge in [-0.2, -0.15) is 0 Å². The predicted octanol–water partition coefficient (Wildman–Crippen LogP) is -8.13. The molecular formula is C2H6Ca2O9. The van der Waals surface area contributed by atoms with Crippen molar-refractivity contribution in [2.75, 3.05) is 0 Å².